The molecule has 1 aliphatic heterocycles. The minimum atomic E-state index is -3.71. The molecule has 7 nitrogen and oxygen atoms in total. The Bertz CT molecular complexity index is 1360. The summed E-state index contributed by atoms with van der Waals surface area (Å²) in [5.41, 5.74) is 2.60. The summed E-state index contributed by atoms with van der Waals surface area (Å²) < 4.78 is 31.4. The van der Waals surface area contributed by atoms with E-state index >= 15 is 0 Å². The summed E-state index contributed by atoms with van der Waals surface area (Å²) in [6.07, 6.45) is 2.73. The Labute approximate surface area is 217 Å². The summed E-state index contributed by atoms with van der Waals surface area (Å²) in [6, 6.07) is 15.1. The third-order valence-electron chi connectivity index (χ3n) is 7.55. The summed E-state index contributed by atoms with van der Waals surface area (Å²) in [7, 11) is -1.81. The van der Waals surface area contributed by atoms with Crippen molar-refractivity contribution in [1.82, 2.24) is 19.5 Å². The standard InChI is InChI=1S/C27H33ClN4O3S/c1-18-17-32(15-14-29-18)27(33)20-8-10-21(11-9-20)30-36(34,35)22-12-13-23-24(16-22)31(2)26(25(23)28)19-6-4-3-5-7-19/h3-7,12-13,16,18,20-21,29-30H,8-11,14-15,17H2,1-2H3. The Hall–Kier alpha value is -2.39. The van der Waals surface area contributed by atoms with Gasteiger partial charge in [-0.1, -0.05) is 41.9 Å². The quantitative estimate of drug-likeness (QED) is 0.521. The Morgan fingerprint density at radius 3 is 2.50 bits per heavy atom. The highest BCUT2D eigenvalue weighted by Gasteiger charge is 2.33. The highest BCUT2D eigenvalue weighted by atomic mass is 35.5. The zero-order chi connectivity index (χ0) is 25.4. The fourth-order valence-electron chi connectivity index (χ4n) is 5.59. The molecule has 2 fully saturated rings. The summed E-state index contributed by atoms with van der Waals surface area (Å²) in [5.74, 6) is 0.194. The predicted molar refractivity (Wildman–Crippen MR) is 143 cm³/mol. The molecule has 3 aromatic rings. The summed E-state index contributed by atoms with van der Waals surface area (Å²) in [4.78, 5) is 15.1. The molecule has 1 amide bonds. The van der Waals surface area contributed by atoms with E-state index in [-0.39, 0.29) is 22.8 Å². The van der Waals surface area contributed by atoms with Gasteiger partial charge in [-0.2, -0.15) is 0 Å². The van der Waals surface area contributed by atoms with Crippen molar-refractivity contribution in [3.63, 3.8) is 0 Å². The smallest absolute Gasteiger partial charge is 0.240 e. The maximum Gasteiger partial charge on any atom is 0.240 e. The molecule has 2 aromatic carbocycles. The van der Waals surface area contributed by atoms with Gasteiger partial charge in [-0.05, 0) is 56.4 Å². The van der Waals surface area contributed by atoms with Crippen LogP contribution in [0.1, 0.15) is 32.6 Å². The number of nitrogens with zero attached hydrogens (tertiary/aromatic N) is 2. The van der Waals surface area contributed by atoms with E-state index in [1.807, 2.05) is 46.8 Å². The van der Waals surface area contributed by atoms with Crippen LogP contribution in [0.2, 0.25) is 5.02 Å². The molecule has 1 aliphatic carbocycles. The molecule has 9 heteroatoms. The van der Waals surface area contributed by atoms with Crippen molar-refractivity contribution in [1.29, 1.82) is 0 Å². The van der Waals surface area contributed by atoms with Crippen molar-refractivity contribution < 1.29 is 13.2 Å². The third-order valence-corrected chi connectivity index (χ3v) is 9.45. The number of carbonyl (C=O) groups excluding carboxylic acids is 1. The predicted octanol–water partition coefficient (Wildman–Crippen LogP) is 4.16. The number of carbonyl (C=O) groups is 1. The molecule has 2 aliphatic rings. The normalized spacial score (nSPS) is 23.2. The lowest BCUT2D eigenvalue weighted by atomic mass is 9.85. The highest BCUT2D eigenvalue weighted by Crippen LogP contribution is 2.37. The van der Waals surface area contributed by atoms with E-state index in [1.54, 1.807) is 18.2 Å². The number of amides is 1. The lowest BCUT2D eigenvalue weighted by Crippen LogP contribution is -2.53. The molecule has 5 rings (SSSR count). The number of sulfonamides is 1. The van der Waals surface area contributed by atoms with Crippen molar-refractivity contribution in [3.8, 4) is 11.3 Å². The van der Waals surface area contributed by atoms with Crippen LogP contribution in [0, 0.1) is 5.92 Å². The number of nitrogens with one attached hydrogen (secondary N) is 2. The highest BCUT2D eigenvalue weighted by molar-refractivity contribution is 7.89. The lowest BCUT2D eigenvalue weighted by Gasteiger charge is -2.36. The average molecular weight is 529 g/mol. The van der Waals surface area contributed by atoms with E-state index in [9.17, 15) is 13.2 Å². The molecule has 0 bridgehead atoms. The molecule has 36 heavy (non-hydrogen) atoms. The number of benzene rings is 2. The third kappa shape index (κ3) is 4.92. The van der Waals surface area contributed by atoms with Gasteiger partial charge in [0.25, 0.3) is 0 Å². The van der Waals surface area contributed by atoms with Crippen LogP contribution in [0.3, 0.4) is 0 Å². The number of piperazine rings is 1. The molecule has 1 aromatic heterocycles. The fraction of sp³-hybridized carbons (Fsp3) is 0.444. The van der Waals surface area contributed by atoms with Crippen molar-refractivity contribution in [3.05, 3.63) is 53.6 Å². The second kappa shape index (κ2) is 10.2. The molecule has 0 spiro atoms. The monoisotopic (exact) mass is 528 g/mol. The van der Waals surface area contributed by atoms with Crippen LogP contribution in [0.25, 0.3) is 22.2 Å². The Kier molecular flexibility index (Phi) is 7.14. The SMILES string of the molecule is CC1CN(C(=O)C2CCC(NS(=O)(=O)c3ccc4c(Cl)c(-c5ccccc5)n(C)c4c3)CC2)CCN1. The van der Waals surface area contributed by atoms with Gasteiger partial charge in [0.05, 0.1) is 21.1 Å². The van der Waals surface area contributed by atoms with Crippen molar-refractivity contribution >= 4 is 38.4 Å². The van der Waals surface area contributed by atoms with E-state index in [0.29, 0.717) is 36.7 Å². The largest absolute Gasteiger partial charge is 0.342 e. The summed E-state index contributed by atoms with van der Waals surface area (Å²) in [5, 5.41) is 4.79. The van der Waals surface area contributed by atoms with Gasteiger partial charge < -0.3 is 14.8 Å². The lowest BCUT2D eigenvalue weighted by molar-refractivity contribution is -0.137. The van der Waals surface area contributed by atoms with Crippen molar-refractivity contribution in [2.45, 2.75) is 49.6 Å². The number of hydrogen-bond donors (Lipinski definition) is 2. The molecule has 1 atom stereocenters. The van der Waals surface area contributed by atoms with E-state index in [4.69, 9.17) is 11.6 Å². The first-order valence-electron chi connectivity index (χ1n) is 12.6. The van der Waals surface area contributed by atoms with Gasteiger partial charge in [-0.3, -0.25) is 4.79 Å². The van der Waals surface area contributed by atoms with Crippen molar-refractivity contribution in [2.24, 2.45) is 13.0 Å². The van der Waals surface area contributed by atoms with E-state index in [1.165, 1.54) is 0 Å². The average Bonchev–Trinajstić information content (AvgIpc) is 3.13. The molecule has 0 radical (unpaired) electrons. The molecule has 2 heterocycles. The zero-order valence-electron chi connectivity index (χ0n) is 20.7. The van der Waals surface area contributed by atoms with Crippen LogP contribution in [0.5, 0.6) is 0 Å². The number of rotatable bonds is 5. The van der Waals surface area contributed by atoms with Gasteiger partial charge in [0.1, 0.15) is 0 Å². The van der Waals surface area contributed by atoms with E-state index < -0.39 is 10.0 Å². The number of halogens is 1. The van der Waals surface area contributed by atoms with Crippen LogP contribution in [-0.2, 0) is 21.9 Å². The van der Waals surface area contributed by atoms with Gasteiger partial charge in [-0.25, -0.2) is 13.1 Å². The maximum absolute atomic E-state index is 13.3. The minimum absolute atomic E-state index is 0.0191. The van der Waals surface area contributed by atoms with Crippen LogP contribution in [0.15, 0.2) is 53.4 Å². The molecule has 1 saturated heterocycles. The number of aromatic nitrogens is 1. The van der Waals surface area contributed by atoms with Gasteiger partial charge >= 0.3 is 0 Å². The molecule has 1 saturated carbocycles. The van der Waals surface area contributed by atoms with Gasteiger partial charge in [0, 0.05) is 50.1 Å². The summed E-state index contributed by atoms with van der Waals surface area (Å²) in [6.45, 7) is 4.40. The number of aryl methyl sites for hydroxylation is 1. The van der Waals surface area contributed by atoms with E-state index in [0.717, 1.165) is 41.8 Å². The van der Waals surface area contributed by atoms with E-state index in [2.05, 4.69) is 17.0 Å². The first-order valence-corrected chi connectivity index (χ1v) is 14.5. The molecule has 192 valence electrons. The first kappa shape index (κ1) is 25.3. The number of hydrogen-bond acceptors (Lipinski definition) is 4. The van der Waals surface area contributed by atoms with Crippen LogP contribution in [0.4, 0.5) is 0 Å². The van der Waals surface area contributed by atoms with Crippen LogP contribution < -0.4 is 10.0 Å². The number of fused-ring (bicyclic) bond motifs is 1. The van der Waals surface area contributed by atoms with Crippen LogP contribution >= 0.6 is 11.6 Å². The molecule has 1 unspecified atom stereocenters. The Morgan fingerprint density at radius 2 is 1.81 bits per heavy atom. The Morgan fingerprint density at radius 1 is 1.08 bits per heavy atom. The maximum atomic E-state index is 13.3. The molecular formula is C27H33ClN4O3S. The Balaban J connectivity index is 1.29. The van der Waals surface area contributed by atoms with Gasteiger partial charge in [-0.15, -0.1) is 0 Å². The fourth-order valence-corrected chi connectivity index (χ4v) is 7.31. The second-order valence-corrected chi connectivity index (χ2v) is 12.2. The van der Waals surface area contributed by atoms with Crippen LogP contribution in [-0.4, -0.2) is 55.5 Å². The van der Waals surface area contributed by atoms with Crippen molar-refractivity contribution in [2.75, 3.05) is 19.6 Å². The molecule has 2 N–H and O–H groups in total. The topological polar surface area (TPSA) is 83.4 Å². The first-order chi connectivity index (χ1) is 17.2. The van der Waals surface area contributed by atoms with Gasteiger partial charge in [0.2, 0.25) is 15.9 Å². The molecular weight excluding hydrogens is 496 g/mol. The zero-order valence-corrected chi connectivity index (χ0v) is 22.3. The van der Waals surface area contributed by atoms with Gasteiger partial charge in [0.15, 0.2) is 0 Å². The summed E-state index contributed by atoms with van der Waals surface area (Å²) >= 11 is 6.70. The minimum Gasteiger partial charge on any atom is -0.342 e. The second-order valence-electron chi connectivity index (χ2n) is 10.1.